The van der Waals surface area contributed by atoms with Gasteiger partial charge in [-0.05, 0) is 24.1 Å². The first-order chi connectivity index (χ1) is 6.76. The van der Waals surface area contributed by atoms with Crippen molar-refractivity contribution in [2.75, 3.05) is 6.61 Å². The van der Waals surface area contributed by atoms with Crippen LogP contribution in [-0.4, -0.2) is 12.0 Å². The molecule has 74 valence electrons. The van der Waals surface area contributed by atoms with E-state index in [0.29, 0.717) is 0 Å². The van der Waals surface area contributed by atoms with Crippen LogP contribution in [0.5, 0.6) is 5.75 Å². The van der Waals surface area contributed by atoms with Gasteiger partial charge in [0.25, 0.3) is 0 Å². The lowest BCUT2D eigenvalue weighted by Crippen LogP contribution is -2.09. The minimum absolute atomic E-state index is 0.227. The molecule has 3 heteroatoms. The Morgan fingerprint density at radius 2 is 2.36 bits per heavy atom. The maximum Gasteiger partial charge on any atom is 0.154 e. The van der Waals surface area contributed by atoms with Gasteiger partial charge in [0.05, 0.1) is 6.07 Å². The molecule has 0 heterocycles. The SMILES string of the molecule is CCc1cccc(OCC(Cl)C#N)c1. The Bertz CT molecular complexity index is 332. The number of hydrogen-bond acceptors (Lipinski definition) is 2. The number of nitriles is 1. The summed E-state index contributed by atoms with van der Waals surface area (Å²) in [5, 5.41) is 7.87. The van der Waals surface area contributed by atoms with E-state index in [4.69, 9.17) is 21.6 Å². The van der Waals surface area contributed by atoms with Crippen LogP contribution in [0, 0.1) is 11.3 Å². The molecule has 0 aliphatic carbocycles. The van der Waals surface area contributed by atoms with Crippen LogP contribution < -0.4 is 4.74 Å². The molecule has 14 heavy (non-hydrogen) atoms. The van der Waals surface area contributed by atoms with E-state index in [9.17, 15) is 0 Å². The van der Waals surface area contributed by atoms with E-state index in [-0.39, 0.29) is 6.61 Å². The summed E-state index contributed by atoms with van der Waals surface area (Å²) in [6.45, 7) is 2.31. The van der Waals surface area contributed by atoms with Gasteiger partial charge >= 0.3 is 0 Å². The van der Waals surface area contributed by atoms with E-state index in [1.54, 1.807) is 0 Å². The lowest BCUT2D eigenvalue weighted by atomic mass is 10.2. The van der Waals surface area contributed by atoms with Gasteiger partial charge in [-0.3, -0.25) is 0 Å². The van der Waals surface area contributed by atoms with Crippen molar-refractivity contribution >= 4 is 11.6 Å². The standard InChI is InChI=1S/C11H12ClNO/c1-2-9-4-3-5-11(6-9)14-8-10(12)7-13/h3-6,10H,2,8H2,1H3. The van der Waals surface area contributed by atoms with Gasteiger partial charge in [-0.15, -0.1) is 11.6 Å². The summed E-state index contributed by atoms with van der Waals surface area (Å²) < 4.78 is 5.35. The number of rotatable bonds is 4. The summed E-state index contributed by atoms with van der Waals surface area (Å²) in [5.41, 5.74) is 1.21. The zero-order valence-corrected chi connectivity index (χ0v) is 8.79. The molecular weight excluding hydrogens is 198 g/mol. The van der Waals surface area contributed by atoms with Crippen LogP contribution in [0.2, 0.25) is 0 Å². The summed E-state index contributed by atoms with van der Waals surface area (Å²) in [6, 6.07) is 9.70. The number of benzene rings is 1. The van der Waals surface area contributed by atoms with Crippen molar-refractivity contribution in [3.05, 3.63) is 29.8 Å². The van der Waals surface area contributed by atoms with Crippen molar-refractivity contribution in [2.45, 2.75) is 18.7 Å². The first-order valence-electron chi connectivity index (χ1n) is 4.51. The normalized spacial score (nSPS) is 11.8. The van der Waals surface area contributed by atoms with Crippen molar-refractivity contribution in [3.8, 4) is 11.8 Å². The second-order valence-corrected chi connectivity index (χ2v) is 3.44. The third-order valence-electron chi connectivity index (χ3n) is 1.84. The van der Waals surface area contributed by atoms with Crippen molar-refractivity contribution < 1.29 is 4.74 Å². The highest BCUT2D eigenvalue weighted by atomic mass is 35.5. The number of hydrogen-bond donors (Lipinski definition) is 0. The van der Waals surface area contributed by atoms with Crippen molar-refractivity contribution in [2.24, 2.45) is 0 Å². The van der Waals surface area contributed by atoms with Gasteiger partial charge < -0.3 is 4.74 Å². The molecule has 1 aromatic rings. The molecule has 0 aliphatic rings. The third-order valence-corrected chi connectivity index (χ3v) is 2.07. The maximum atomic E-state index is 8.45. The number of ether oxygens (including phenoxy) is 1. The van der Waals surface area contributed by atoms with Crippen molar-refractivity contribution in [1.29, 1.82) is 5.26 Å². The molecule has 1 rings (SSSR count). The van der Waals surface area contributed by atoms with E-state index in [2.05, 4.69) is 6.92 Å². The molecule has 0 bridgehead atoms. The Morgan fingerprint density at radius 3 is 3.00 bits per heavy atom. The minimum atomic E-state index is -0.583. The number of aryl methyl sites for hydroxylation is 1. The van der Waals surface area contributed by atoms with E-state index in [1.807, 2.05) is 30.3 Å². The molecule has 0 spiro atoms. The third kappa shape index (κ3) is 3.27. The van der Waals surface area contributed by atoms with Gasteiger partial charge in [-0.1, -0.05) is 19.1 Å². The Labute approximate surface area is 89.1 Å². The largest absolute Gasteiger partial charge is 0.491 e. The summed E-state index contributed by atoms with van der Waals surface area (Å²) in [5.74, 6) is 0.769. The minimum Gasteiger partial charge on any atom is -0.491 e. The summed E-state index contributed by atoms with van der Waals surface area (Å²) in [4.78, 5) is 0. The highest BCUT2D eigenvalue weighted by Gasteiger charge is 2.02. The zero-order chi connectivity index (χ0) is 10.4. The zero-order valence-electron chi connectivity index (χ0n) is 8.03. The summed E-state index contributed by atoms with van der Waals surface area (Å²) >= 11 is 5.60. The van der Waals surface area contributed by atoms with Gasteiger partial charge in [0, 0.05) is 0 Å². The van der Waals surface area contributed by atoms with Crippen molar-refractivity contribution in [3.63, 3.8) is 0 Å². The Kier molecular flexibility index (Phi) is 4.28. The lowest BCUT2D eigenvalue weighted by Gasteiger charge is -2.07. The van der Waals surface area contributed by atoms with Crippen LogP contribution in [0.1, 0.15) is 12.5 Å². The lowest BCUT2D eigenvalue weighted by molar-refractivity contribution is 0.328. The quantitative estimate of drug-likeness (QED) is 0.715. The van der Waals surface area contributed by atoms with Crippen LogP contribution in [0.3, 0.4) is 0 Å². The Balaban J connectivity index is 2.55. The number of alkyl halides is 1. The maximum absolute atomic E-state index is 8.45. The first kappa shape index (κ1) is 10.9. The molecule has 0 aromatic heterocycles. The second kappa shape index (κ2) is 5.51. The fourth-order valence-corrected chi connectivity index (χ4v) is 1.12. The van der Waals surface area contributed by atoms with Gasteiger partial charge in [0.1, 0.15) is 12.4 Å². The summed E-state index contributed by atoms with van der Waals surface area (Å²) in [6.07, 6.45) is 0.972. The molecule has 1 aromatic carbocycles. The molecule has 0 saturated carbocycles. The average molecular weight is 210 g/mol. The second-order valence-electron chi connectivity index (χ2n) is 2.91. The van der Waals surface area contributed by atoms with Crippen molar-refractivity contribution in [1.82, 2.24) is 0 Å². The highest BCUT2D eigenvalue weighted by Crippen LogP contribution is 2.14. The monoisotopic (exact) mass is 209 g/mol. The van der Waals surface area contributed by atoms with E-state index in [0.717, 1.165) is 12.2 Å². The Morgan fingerprint density at radius 1 is 1.57 bits per heavy atom. The fourth-order valence-electron chi connectivity index (χ4n) is 1.06. The summed E-state index contributed by atoms with van der Waals surface area (Å²) in [7, 11) is 0. The predicted octanol–water partition coefficient (Wildman–Crippen LogP) is 2.76. The molecule has 0 N–H and O–H groups in total. The Hall–Kier alpha value is -1.20. The topological polar surface area (TPSA) is 33.0 Å². The fraction of sp³-hybridized carbons (Fsp3) is 0.364. The average Bonchev–Trinajstić information content (AvgIpc) is 2.26. The number of nitrogens with zero attached hydrogens (tertiary/aromatic N) is 1. The molecule has 0 radical (unpaired) electrons. The van der Waals surface area contributed by atoms with Crippen LogP contribution in [0.25, 0.3) is 0 Å². The van der Waals surface area contributed by atoms with E-state index in [1.165, 1.54) is 5.56 Å². The molecule has 0 saturated heterocycles. The molecular formula is C11H12ClNO. The van der Waals surface area contributed by atoms with Crippen LogP contribution >= 0.6 is 11.6 Å². The number of halogens is 1. The molecule has 0 fully saturated rings. The predicted molar refractivity (Wildman–Crippen MR) is 56.6 cm³/mol. The van der Waals surface area contributed by atoms with Crippen LogP contribution in [0.15, 0.2) is 24.3 Å². The van der Waals surface area contributed by atoms with Gasteiger partial charge in [0.2, 0.25) is 0 Å². The van der Waals surface area contributed by atoms with Gasteiger partial charge in [0.15, 0.2) is 5.38 Å². The van der Waals surface area contributed by atoms with Crippen LogP contribution in [0.4, 0.5) is 0 Å². The van der Waals surface area contributed by atoms with E-state index < -0.39 is 5.38 Å². The molecule has 2 nitrogen and oxygen atoms in total. The smallest absolute Gasteiger partial charge is 0.154 e. The first-order valence-corrected chi connectivity index (χ1v) is 4.95. The van der Waals surface area contributed by atoms with Crippen LogP contribution in [-0.2, 0) is 6.42 Å². The van der Waals surface area contributed by atoms with Gasteiger partial charge in [-0.25, -0.2) is 0 Å². The molecule has 1 atom stereocenters. The molecule has 1 unspecified atom stereocenters. The molecule has 0 amide bonds. The molecule has 0 aliphatic heterocycles. The van der Waals surface area contributed by atoms with E-state index >= 15 is 0 Å². The highest BCUT2D eigenvalue weighted by molar-refractivity contribution is 6.22. The van der Waals surface area contributed by atoms with Gasteiger partial charge in [-0.2, -0.15) is 5.26 Å².